The van der Waals surface area contributed by atoms with Gasteiger partial charge < -0.3 is 10.6 Å². The van der Waals surface area contributed by atoms with E-state index >= 15 is 0 Å². The number of carbonyl (C=O) groups is 1. The van der Waals surface area contributed by atoms with Gasteiger partial charge in [-0.2, -0.15) is 0 Å². The molecule has 0 saturated carbocycles. The number of fused-ring (bicyclic) bond motifs is 1. The zero-order chi connectivity index (χ0) is 21.1. The first kappa shape index (κ1) is 21.0. The summed E-state index contributed by atoms with van der Waals surface area (Å²) in [6.07, 6.45) is 1.71. The van der Waals surface area contributed by atoms with Gasteiger partial charge in [-0.3, -0.25) is 4.79 Å². The maximum absolute atomic E-state index is 13.5. The van der Waals surface area contributed by atoms with Crippen molar-refractivity contribution in [3.63, 3.8) is 0 Å². The van der Waals surface area contributed by atoms with E-state index in [4.69, 9.17) is 0 Å². The van der Waals surface area contributed by atoms with E-state index < -0.39 is 0 Å². The smallest absolute Gasteiger partial charge is 0.223 e. The van der Waals surface area contributed by atoms with Gasteiger partial charge in [-0.05, 0) is 72.1 Å². The summed E-state index contributed by atoms with van der Waals surface area (Å²) in [6, 6.07) is 19.0. The van der Waals surface area contributed by atoms with Crippen molar-refractivity contribution in [2.75, 3.05) is 13.1 Å². The predicted molar refractivity (Wildman–Crippen MR) is 123 cm³/mol. The number of halogens is 2. The van der Waals surface area contributed by atoms with Gasteiger partial charge in [0.1, 0.15) is 5.82 Å². The van der Waals surface area contributed by atoms with Crippen LogP contribution < -0.4 is 10.6 Å². The van der Waals surface area contributed by atoms with Crippen molar-refractivity contribution in [2.24, 2.45) is 5.92 Å². The lowest BCUT2D eigenvalue weighted by atomic mass is 9.65. The summed E-state index contributed by atoms with van der Waals surface area (Å²) in [5, 5.41) is 8.84. The van der Waals surface area contributed by atoms with Crippen LogP contribution in [0.3, 0.4) is 0 Å². The first-order chi connectivity index (χ1) is 14.5. The van der Waals surface area contributed by atoms with E-state index in [0.29, 0.717) is 6.54 Å². The minimum atomic E-state index is -0.289. The van der Waals surface area contributed by atoms with Gasteiger partial charge >= 0.3 is 0 Å². The second-order valence-electron chi connectivity index (χ2n) is 8.14. The minimum absolute atomic E-state index is 0.0327. The molecule has 3 nitrogen and oxygen atoms in total. The highest BCUT2D eigenvalue weighted by Gasteiger charge is 2.42. The van der Waals surface area contributed by atoms with Crippen molar-refractivity contribution in [3.8, 4) is 0 Å². The molecule has 1 heterocycles. The predicted octanol–water partition coefficient (Wildman–Crippen LogP) is 5.32. The molecule has 156 valence electrons. The third kappa shape index (κ3) is 4.14. The molecule has 0 aliphatic carbocycles. The normalized spacial score (nSPS) is 16.9. The summed E-state index contributed by atoms with van der Waals surface area (Å²) < 4.78 is 14.5. The third-order valence-electron chi connectivity index (χ3n) is 6.50. The Labute approximate surface area is 185 Å². The molecule has 30 heavy (non-hydrogen) atoms. The maximum atomic E-state index is 13.5. The van der Waals surface area contributed by atoms with Crippen LogP contribution in [0.4, 0.5) is 4.39 Å². The summed E-state index contributed by atoms with van der Waals surface area (Å²) in [5.74, 6) is -0.435. The Morgan fingerprint density at radius 1 is 1.13 bits per heavy atom. The minimum Gasteiger partial charge on any atom is -0.352 e. The lowest BCUT2D eigenvalue weighted by Crippen LogP contribution is -2.49. The van der Waals surface area contributed by atoms with Crippen LogP contribution in [0, 0.1) is 11.7 Å². The van der Waals surface area contributed by atoms with E-state index in [-0.39, 0.29) is 23.1 Å². The topological polar surface area (TPSA) is 41.1 Å². The molecule has 5 heteroatoms. The first-order valence-corrected chi connectivity index (χ1v) is 11.2. The van der Waals surface area contributed by atoms with Crippen LogP contribution in [0.1, 0.15) is 30.9 Å². The van der Waals surface area contributed by atoms with Crippen molar-refractivity contribution in [1.82, 2.24) is 10.6 Å². The molecule has 1 unspecified atom stereocenters. The van der Waals surface area contributed by atoms with Crippen molar-refractivity contribution < 1.29 is 9.18 Å². The SMILES string of the molecule is CC(C(=O)NCc1cc(Br)cc2ccccc12)C1(c2ccc(F)cc2)CCNCC1. The highest BCUT2D eigenvalue weighted by Crippen LogP contribution is 2.41. The molecule has 0 radical (unpaired) electrons. The number of hydrogen-bond donors (Lipinski definition) is 2. The van der Waals surface area contributed by atoms with Crippen molar-refractivity contribution in [1.29, 1.82) is 0 Å². The van der Waals surface area contributed by atoms with Crippen LogP contribution in [0.25, 0.3) is 10.8 Å². The number of nitrogens with one attached hydrogen (secondary N) is 2. The zero-order valence-electron chi connectivity index (χ0n) is 17.1. The van der Waals surface area contributed by atoms with Crippen molar-refractivity contribution in [3.05, 3.63) is 82.1 Å². The molecule has 3 aromatic carbocycles. The first-order valence-electron chi connectivity index (χ1n) is 10.4. The quantitative estimate of drug-likeness (QED) is 0.532. The molecule has 1 aliphatic rings. The van der Waals surface area contributed by atoms with E-state index in [9.17, 15) is 9.18 Å². The molecule has 1 saturated heterocycles. The summed E-state index contributed by atoms with van der Waals surface area (Å²) >= 11 is 3.58. The molecule has 0 aromatic heterocycles. The third-order valence-corrected chi connectivity index (χ3v) is 6.96. The van der Waals surface area contributed by atoms with E-state index in [0.717, 1.165) is 52.3 Å². The second-order valence-corrected chi connectivity index (χ2v) is 9.05. The number of benzene rings is 3. The van der Waals surface area contributed by atoms with Gasteiger partial charge in [0.05, 0.1) is 0 Å². The van der Waals surface area contributed by atoms with E-state index in [1.54, 1.807) is 0 Å². The highest BCUT2D eigenvalue weighted by atomic mass is 79.9. The Morgan fingerprint density at radius 3 is 2.57 bits per heavy atom. The Balaban J connectivity index is 1.57. The van der Waals surface area contributed by atoms with Crippen molar-refractivity contribution in [2.45, 2.75) is 31.7 Å². The van der Waals surface area contributed by atoms with Crippen LogP contribution in [-0.4, -0.2) is 19.0 Å². The molecule has 0 bridgehead atoms. The Kier molecular flexibility index (Phi) is 6.21. The molecule has 1 atom stereocenters. The monoisotopic (exact) mass is 468 g/mol. The van der Waals surface area contributed by atoms with Gasteiger partial charge in [-0.15, -0.1) is 0 Å². The zero-order valence-corrected chi connectivity index (χ0v) is 18.6. The largest absolute Gasteiger partial charge is 0.352 e. The fourth-order valence-electron chi connectivity index (χ4n) is 4.71. The summed E-state index contributed by atoms with van der Waals surface area (Å²) in [6.45, 7) is 4.18. The number of hydrogen-bond acceptors (Lipinski definition) is 2. The van der Waals surface area contributed by atoms with E-state index in [1.807, 2.05) is 31.2 Å². The number of carbonyl (C=O) groups excluding carboxylic acids is 1. The number of piperidine rings is 1. The van der Waals surface area contributed by atoms with Gasteiger partial charge in [0, 0.05) is 22.4 Å². The van der Waals surface area contributed by atoms with Crippen LogP contribution in [-0.2, 0) is 16.8 Å². The summed E-state index contributed by atoms with van der Waals surface area (Å²) in [4.78, 5) is 13.3. The maximum Gasteiger partial charge on any atom is 0.223 e. The molecule has 2 N–H and O–H groups in total. The average Bonchev–Trinajstić information content (AvgIpc) is 2.77. The Morgan fingerprint density at radius 2 is 1.83 bits per heavy atom. The van der Waals surface area contributed by atoms with Gasteiger partial charge in [0.25, 0.3) is 0 Å². The number of amides is 1. The van der Waals surface area contributed by atoms with E-state index in [1.165, 1.54) is 12.1 Å². The molecular weight excluding hydrogens is 443 g/mol. The molecule has 1 amide bonds. The highest BCUT2D eigenvalue weighted by molar-refractivity contribution is 9.10. The van der Waals surface area contributed by atoms with Crippen molar-refractivity contribution >= 4 is 32.6 Å². The van der Waals surface area contributed by atoms with Gasteiger partial charge in [0.15, 0.2) is 0 Å². The summed E-state index contributed by atoms with van der Waals surface area (Å²) in [7, 11) is 0. The van der Waals surface area contributed by atoms with Crippen LogP contribution in [0.2, 0.25) is 0 Å². The van der Waals surface area contributed by atoms with Crippen LogP contribution in [0.5, 0.6) is 0 Å². The molecule has 1 aliphatic heterocycles. The molecular formula is C25H26BrFN2O. The Hall–Kier alpha value is -2.24. The number of rotatable bonds is 5. The van der Waals surface area contributed by atoms with Crippen LogP contribution >= 0.6 is 15.9 Å². The van der Waals surface area contributed by atoms with Gasteiger partial charge in [-0.25, -0.2) is 4.39 Å². The fraction of sp³-hybridized carbons (Fsp3) is 0.320. The second kappa shape index (κ2) is 8.86. The average molecular weight is 469 g/mol. The lowest BCUT2D eigenvalue weighted by molar-refractivity contribution is -0.127. The molecule has 0 spiro atoms. The standard InChI is InChI=1S/C25H26BrFN2O/c1-17(25(10-12-28-13-11-25)20-6-8-22(27)9-7-20)24(30)29-16-19-15-21(26)14-18-4-2-3-5-23(18)19/h2-9,14-15,17,28H,10-13,16H2,1H3,(H,29,30). The molecule has 4 rings (SSSR count). The van der Waals surface area contributed by atoms with Gasteiger partial charge in [-0.1, -0.05) is 59.3 Å². The fourth-order valence-corrected chi connectivity index (χ4v) is 5.23. The van der Waals surface area contributed by atoms with Crippen LogP contribution in [0.15, 0.2) is 65.1 Å². The van der Waals surface area contributed by atoms with Gasteiger partial charge in [0.2, 0.25) is 5.91 Å². The molecule has 3 aromatic rings. The summed E-state index contributed by atoms with van der Waals surface area (Å²) in [5.41, 5.74) is 1.84. The molecule has 1 fully saturated rings. The van der Waals surface area contributed by atoms with E-state index in [2.05, 4.69) is 50.8 Å². The Bertz CT molecular complexity index is 1040. The lowest BCUT2D eigenvalue weighted by Gasteiger charge is -2.42.